The first-order chi connectivity index (χ1) is 13.8. The highest BCUT2D eigenvalue weighted by Crippen LogP contribution is 2.38. The zero-order valence-electron chi connectivity index (χ0n) is 15.2. The number of alkyl halides is 3. The van der Waals surface area contributed by atoms with Gasteiger partial charge < -0.3 is 9.47 Å². The maximum atomic E-state index is 13.3. The van der Waals surface area contributed by atoms with Crippen LogP contribution in [-0.2, 0) is 12.7 Å². The Morgan fingerprint density at radius 2 is 1.93 bits per heavy atom. The number of benzene rings is 1. The number of hydrogen-bond acceptors (Lipinski definition) is 4. The van der Waals surface area contributed by atoms with Gasteiger partial charge in [-0.05, 0) is 31.2 Å². The topological polar surface area (TPSA) is 63.9 Å². The molecule has 3 aromatic rings. The van der Waals surface area contributed by atoms with Crippen LogP contribution in [0, 0.1) is 6.92 Å². The molecule has 1 aliphatic heterocycles. The molecule has 0 bridgehead atoms. The lowest BCUT2D eigenvalue weighted by Gasteiger charge is -2.35. The standard InChI is InChI=1S/C19H15ClF3N5O/c1-11-25-26-17-16(14-7-2-3-8-24-14)28(10-9-27(11)17)18(29)12-5-4-6-13(15(12)20)19(21,22)23/h2-8,16H,9-10H2,1H3/t16-/m1/s1. The lowest BCUT2D eigenvalue weighted by molar-refractivity contribution is -0.137. The molecule has 0 N–H and O–H groups in total. The zero-order chi connectivity index (χ0) is 20.8. The molecule has 4 rings (SSSR count). The third kappa shape index (κ3) is 3.35. The van der Waals surface area contributed by atoms with E-state index in [4.69, 9.17) is 11.6 Å². The Labute approximate surface area is 168 Å². The second kappa shape index (κ2) is 7.14. The lowest BCUT2D eigenvalue weighted by atomic mass is 10.0. The van der Waals surface area contributed by atoms with Gasteiger partial charge in [-0.25, -0.2) is 0 Å². The third-order valence-corrected chi connectivity index (χ3v) is 5.26. The van der Waals surface area contributed by atoms with Crippen molar-refractivity contribution in [2.45, 2.75) is 25.7 Å². The van der Waals surface area contributed by atoms with Gasteiger partial charge >= 0.3 is 6.18 Å². The average molecular weight is 422 g/mol. The SMILES string of the molecule is Cc1nnc2n1CCN(C(=O)c1cccc(C(F)(F)F)c1Cl)[C@@H]2c1ccccn1. The predicted molar refractivity (Wildman–Crippen MR) is 98.3 cm³/mol. The van der Waals surface area contributed by atoms with Crippen molar-refractivity contribution in [3.63, 3.8) is 0 Å². The summed E-state index contributed by atoms with van der Waals surface area (Å²) in [6, 6.07) is 7.87. The van der Waals surface area contributed by atoms with Crippen molar-refractivity contribution in [2.24, 2.45) is 0 Å². The zero-order valence-corrected chi connectivity index (χ0v) is 15.9. The quantitative estimate of drug-likeness (QED) is 0.629. The van der Waals surface area contributed by atoms with Gasteiger partial charge in [0.25, 0.3) is 5.91 Å². The number of pyridine rings is 1. The minimum atomic E-state index is -4.66. The van der Waals surface area contributed by atoms with Crippen LogP contribution in [0.2, 0.25) is 5.02 Å². The van der Waals surface area contributed by atoms with Crippen molar-refractivity contribution in [3.8, 4) is 0 Å². The number of carbonyl (C=O) groups is 1. The van der Waals surface area contributed by atoms with Gasteiger partial charge in [-0.2, -0.15) is 13.2 Å². The van der Waals surface area contributed by atoms with Gasteiger partial charge in [-0.3, -0.25) is 9.78 Å². The fourth-order valence-corrected chi connectivity index (χ4v) is 3.79. The van der Waals surface area contributed by atoms with Gasteiger partial charge in [0.1, 0.15) is 11.9 Å². The van der Waals surface area contributed by atoms with Crippen LogP contribution in [0.4, 0.5) is 13.2 Å². The summed E-state index contributed by atoms with van der Waals surface area (Å²) in [5.74, 6) is 0.567. The molecule has 1 aromatic carbocycles. The van der Waals surface area contributed by atoms with Crippen molar-refractivity contribution >= 4 is 17.5 Å². The number of aromatic nitrogens is 4. The van der Waals surface area contributed by atoms with E-state index in [1.54, 1.807) is 31.3 Å². The molecule has 2 aromatic heterocycles. The molecule has 1 aliphatic rings. The molecule has 0 saturated carbocycles. The normalized spacial score (nSPS) is 16.6. The van der Waals surface area contributed by atoms with Crippen LogP contribution in [0.5, 0.6) is 0 Å². The predicted octanol–water partition coefficient (Wildman–Crippen LogP) is 3.90. The molecule has 0 radical (unpaired) electrons. The summed E-state index contributed by atoms with van der Waals surface area (Å²) in [6.45, 7) is 2.46. The van der Waals surface area contributed by atoms with Crippen molar-refractivity contribution in [1.82, 2.24) is 24.6 Å². The Morgan fingerprint density at radius 3 is 2.62 bits per heavy atom. The summed E-state index contributed by atoms with van der Waals surface area (Å²) >= 11 is 5.99. The summed E-state index contributed by atoms with van der Waals surface area (Å²) in [6.07, 6.45) is -3.08. The van der Waals surface area contributed by atoms with Crippen LogP contribution in [0.25, 0.3) is 0 Å². The summed E-state index contributed by atoms with van der Waals surface area (Å²) in [7, 11) is 0. The molecule has 1 amide bonds. The van der Waals surface area contributed by atoms with E-state index in [1.807, 2.05) is 4.57 Å². The van der Waals surface area contributed by atoms with E-state index in [-0.39, 0.29) is 12.1 Å². The van der Waals surface area contributed by atoms with Gasteiger partial charge in [-0.1, -0.05) is 23.7 Å². The van der Waals surface area contributed by atoms with Gasteiger partial charge in [0.2, 0.25) is 0 Å². The molecule has 3 heterocycles. The first-order valence-electron chi connectivity index (χ1n) is 8.76. The second-order valence-corrected chi connectivity index (χ2v) is 6.96. The van der Waals surface area contributed by atoms with Crippen molar-refractivity contribution in [1.29, 1.82) is 0 Å². The summed E-state index contributed by atoms with van der Waals surface area (Å²) < 4.78 is 41.6. The molecule has 150 valence electrons. The monoisotopic (exact) mass is 421 g/mol. The maximum absolute atomic E-state index is 13.3. The first-order valence-corrected chi connectivity index (χ1v) is 9.14. The number of amides is 1. The van der Waals surface area contributed by atoms with Crippen LogP contribution in [0.1, 0.15) is 39.3 Å². The third-order valence-electron chi connectivity index (χ3n) is 4.85. The van der Waals surface area contributed by atoms with Gasteiger partial charge in [0.05, 0.1) is 21.8 Å². The minimum absolute atomic E-state index is 0.216. The Hall–Kier alpha value is -2.94. The van der Waals surface area contributed by atoms with Crippen LogP contribution < -0.4 is 0 Å². The number of fused-ring (bicyclic) bond motifs is 1. The van der Waals surface area contributed by atoms with Gasteiger partial charge in [-0.15, -0.1) is 10.2 Å². The number of carbonyl (C=O) groups excluding carboxylic acids is 1. The molecular formula is C19H15ClF3N5O. The Morgan fingerprint density at radius 1 is 1.14 bits per heavy atom. The molecule has 10 heteroatoms. The molecule has 0 unspecified atom stereocenters. The van der Waals surface area contributed by atoms with Crippen LogP contribution in [-0.4, -0.2) is 37.1 Å². The van der Waals surface area contributed by atoms with E-state index in [9.17, 15) is 18.0 Å². The van der Waals surface area contributed by atoms with Crippen molar-refractivity contribution < 1.29 is 18.0 Å². The highest BCUT2D eigenvalue weighted by Gasteiger charge is 2.39. The van der Waals surface area contributed by atoms with E-state index >= 15 is 0 Å². The Kier molecular flexibility index (Phi) is 4.77. The van der Waals surface area contributed by atoms with E-state index in [0.29, 0.717) is 23.9 Å². The van der Waals surface area contributed by atoms with E-state index in [0.717, 1.165) is 6.07 Å². The van der Waals surface area contributed by atoms with E-state index < -0.39 is 28.7 Å². The molecule has 0 aliphatic carbocycles. The lowest BCUT2D eigenvalue weighted by Crippen LogP contribution is -2.43. The van der Waals surface area contributed by atoms with Gasteiger partial charge in [0, 0.05) is 19.3 Å². The molecule has 0 saturated heterocycles. The molecule has 0 fully saturated rings. The van der Waals surface area contributed by atoms with Crippen LogP contribution in [0.3, 0.4) is 0 Å². The number of aryl methyl sites for hydroxylation is 1. The molecule has 29 heavy (non-hydrogen) atoms. The Bertz CT molecular complexity index is 1070. The van der Waals surface area contributed by atoms with Crippen molar-refractivity contribution in [2.75, 3.05) is 6.54 Å². The van der Waals surface area contributed by atoms with E-state index in [1.165, 1.54) is 17.0 Å². The highest BCUT2D eigenvalue weighted by molar-refractivity contribution is 6.34. The summed E-state index contributed by atoms with van der Waals surface area (Å²) in [5, 5.41) is 7.65. The molecular weight excluding hydrogens is 407 g/mol. The van der Waals surface area contributed by atoms with Crippen LogP contribution in [0.15, 0.2) is 42.6 Å². The smallest absolute Gasteiger partial charge is 0.321 e. The fourth-order valence-electron chi connectivity index (χ4n) is 3.47. The second-order valence-electron chi connectivity index (χ2n) is 6.58. The fraction of sp³-hybridized carbons (Fsp3) is 0.263. The number of nitrogens with zero attached hydrogens (tertiary/aromatic N) is 5. The van der Waals surface area contributed by atoms with Crippen molar-refractivity contribution in [3.05, 3.63) is 76.1 Å². The number of halogens is 4. The highest BCUT2D eigenvalue weighted by atomic mass is 35.5. The van der Waals surface area contributed by atoms with E-state index in [2.05, 4.69) is 15.2 Å². The first kappa shape index (κ1) is 19.4. The van der Waals surface area contributed by atoms with Gasteiger partial charge in [0.15, 0.2) is 5.82 Å². The average Bonchev–Trinajstić information content (AvgIpc) is 3.07. The molecule has 6 nitrogen and oxygen atoms in total. The Balaban J connectivity index is 1.81. The maximum Gasteiger partial charge on any atom is 0.417 e. The number of hydrogen-bond donors (Lipinski definition) is 0. The summed E-state index contributed by atoms with van der Waals surface area (Å²) in [4.78, 5) is 19.1. The molecule has 1 atom stereocenters. The minimum Gasteiger partial charge on any atom is -0.321 e. The summed E-state index contributed by atoms with van der Waals surface area (Å²) in [5.41, 5.74) is -0.722. The molecule has 0 spiro atoms. The van der Waals surface area contributed by atoms with Crippen LogP contribution >= 0.6 is 11.6 Å². The largest absolute Gasteiger partial charge is 0.417 e. The number of rotatable bonds is 2.